The van der Waals surface area contributed by atoms with Crippen LogP contribution < -0.4 is 0 Å². The van der Waals surface area contributed by atoms with Crippen LogP contribution in [0.2, 0.25) is 0 Å². The van der Waals surface area contributed by atoms with Gasteiger partial charge in [-0.2, -0.15) is 12.6 Å². The van der Waals surface area contributed by atoms with Crippen LogP contribution in [0.25, 0.3) is 0 Å². The summed E-state index contributed by atoms with van der Waals surface area (Å²) in [7, 11) is 0. The van der Waals surface area contributed by atoms with E-state index in [1.54, 1.807) is 0 Å². The van der Waals surface area contributed by atoms with Crippen molar-refractivity contribution in [3.8, 4) is 0 Å². The number of hydrogen-bond donors (Lipinski definition) is 1. The quantitative estimate of drug-likeness (QED) is 0.753. The molecule has 0 radical (unpaired) electrons. The summed E-state index contributed by atoms with van der Waals surface area (Å²) in [5, 5.41) is 0. The third-order valence-electron chi connectivity index (χ3n) is 4.20. The second-order valence-electron chi connectivity index (χ2n) is 5.49. The molecule has 0 aromatic carbocycles. The van der Waals surface area contributed by atoms with E-state index in [1.807, 2.05) is 0 Å². The highest BCUT2D eigenvalue weighted by Gasteiger charge is 2.34. The van der Waals surface area contributed by atoms with Crippen LogP contribution in [0.1, 0.15) is 51.4 Å². The van der Waals surface area contributed by atoms with Crippen LogP contribution >= 0.6 is 12.6 Å². The van der Waals surface area contributed by atoms with E-state index in [0.29, 0.717) is 11.3 Å². The van der Waals surface area contributed by atoms with Crippen molar-refractivity contribution < 1.29 is 4.79 Å². The van der Waals surface area contributed by atoms with Crippen molar-refractivity contribution in [1.82, 2.24) is 4.90 Å². The zero-order valence-electron chi connectivity index (χ0n) is 10.1. The Balaban J connectivity index is 1.96. The summed E-state index contributed by atoms with van der Waals surface area (Å²) >= 11 is 4.54. The van der Waals surface area contributed by atoms with Crippen molar-refractivity contribution in [2.45, 2.75) is 51.4 Å². The van der Waals surface area contributed by atoms with Crippen molar-refractivity contribution in [2.24, 2.45) is 5.41 Å². The number of carbonyl (C=O) groups excluding carboxylic acids is 1. The normalized spacial score (nSPS) is 25.8. The lowest BCUT2D eigenvalue weighted by atomic mass is 9.75. The Morgan fingerprint density at radius 2 is 1.88 bits per heavy atom. The smallest absolute Gasteiger partial charge is 0.222 e. The predicted molar refractivity (Wildman–Crippen MR) is 69.8 cm³/mol. The molecular formula is C13H23NOS. The lowest BCUT2D eigenvalue weighted by Gasteiger charge is -2.41. The van der Waals surface area contributed by atoms with Gasteiger partial charge in [0.05, 0.1) is 0 Å². The molecular weight excluding hydrogens is 218 g/mol. The van der Waals surface area contributed by atoms with Crippen molar-refractivity contribution in [1.29, 1.82) is 0 Å². The molecule has 0 aromatic heterocycles. The lowest BCUT2D eigenvalue weighted by molar-refractivity contribution is -0.135. The largest absolute Gasteiger partial charge is 0.342 e. The number of hydrogen-bond acceptors (Lipinski definition) is 2. The lowest BCUT2D eigenvalue weighted by Crippen LogP contribution is -2.45. The molecule has 1 heterocycles. The van der Waals surface area contributed by atoms with Gasteiger partial charge in [-0.25, -0.2) is 0 Å². The van der Waals surface area contributed by atoms with Crippen molar-refractivity contribution in [3.05, 3.63) is 0 Å². The summed E-state index contributed by atoms with van der Waals surface area (Å²) in [4.78, 5) is 13.9. The highest BCUT2D eigenvalue weighted by atomic mass is 32.1. The minimum atomic E-state index is 0.328. The second kappa shape index (κ2) is 5.44. The van der Waals surface area contributed by atoms with Crippen LogP contribution in [-0.2, 0) is 4.79 Å². The molecule has 1 saturated heterocycles. The fraction of sp³-hybridized carbons (Fsp3) is 0.923. The van der Waals surface area contributed by atoms with Crippen LogP contribution in [-0.4, -0.2) is 29.6 Å². The fourth-order valence-electron chi connectivity index (χ4n) is 3.10. The molecule has 2 nitrogen and oxygen atoms in total. The Labute approximate surface area is 104 Å². The Kier molecular flexibility index (Phi) is 4.17. The second-order valence-corrected chi connectivity index (χ2v) is 5.81. The molecule has 1 aliphatic heterocycles. The molecule has 0 bridgehead atoms. The third kappa shape index (κ3) is 2.73. The van der Waals surface area contributed by atoms with Crippen LogP contribution in [0.15, 0.2) is 0 Å². The summed E-state index contributed by atoms with van der Waals surface area (Å²) in [5.74, 6) is 1.31. The molecule has 0 unspecified atom stereocenters. The SMILES string of the molecule is O=C1CCCCN1CC1(CS)CCCCC1. The van der Waals surface area contributed by atoms with Gasteiger partial charge in [-0.1, -0.05) is 19.3 Å². The Morgan fingerprint density at radius 3 is 2.50 bits per heavy atom. The maximum Gasteiger partial charge on any atom is 0.222 e. The minimum absolute atomic E-state index is 0.328. The minimum Gasteiger partial charge on any atom is -0.342 e. The number of rotatable bonds is 3. The van der Waals surface area contributed by atoms with Gasteiger partial charge in [-0.15, -0.1) is 0 Å². The van der Waals surface area contributed by atoms with E-state index in [2.05, 4.69) is 17.5 Å². The topological polar surface area (TPSA) is 20.3 Å². The monoisotopic (exact) mass is 241 g/mol. The molecule has 0 aromatic rings. The molecule has 2 rings (SSSR count). The molecule has 16 heavy (non-hydrogen) atoms. The summed E-state index contributed by atoms with van der Waals surface area (Å²) in [5.41, 5.74) is 0.328. The highest BCUT2D eigenvalue weighted by Crippen LogP contribution is 2.38. The van der Waals surface area contributed by atoms with Gasteiger partial charge in [0.1, 0.15) is 0 Å². The molecule has 1 saturated carbocycles. The molecule has 2 fully saturated rings. The summed E-state index contributed by atoms with van der Waals surface area (Å²) in [6.07, 6.45) is 9.58. The molecule has 1 amide bonds. The number of nitrogens with zero attached hydrogens (tertiary/aromatic N) is 1. The molecule has 2 aliphatic rings. The van der Waals surface area contributed by atoms with E-state index in [0.717, 1.165) is 31.7 Å². The van der Waals surface area contributed by atoms with Gasteiger partial charge in [0.25, 0.3) is 0 Å². The molecule has 92 valence electrons. The van der Waals surface area contributed by atoms with Crippen LogP contribution in [0, 0.1) is 5.41 Å². The van der Waals surface area contributed by atoms with E-state index < -0.39 is 0 Å². The van der Waals surface area contributed by atoms with Gasteiger partial charge >= 0.3 is 0 Å². The zero-order chi connectivity index (χ0) is 11.4. The maximum atomic E-state index is 11.8. The maximum absolute atomic E-state index is 11.8. The van der Waals surface area contributed by atoms with Crippen molar-refractivity contribution in [3.63, 3.8) is 0 Å². The predicted octanol–water partition coefficient (Wildman–Crippen LogP) is 2.88. The Hall–Kier alpha value is -0.180. The van der Waals surface area contributed by atoms with Crippen LogP contribution in [0.5, 0.6) is 0 Å². The van der Waals surface area contributed by atoms with Crippen LogP contribution in [0.4, 0.5) is 0 Å². The van der Waals surface area contributed by atoms with E-state index in [-0.39, 0.29) is 0 Å². The molecule has 0 atom stereocenters. The van der Waals surface area contributed by atoms with Crippen molar-refractivity contribution in [2.75, 3.05) is 18.8 Å². The van der Waals surface area contributed by atoms with E-state index in [9.17, 15) is 4.79 Å². The molecule has 0 spiro atoms. The summed E-state index contributed by atoms with van der Waals surface area (Å²) < 4.78 is 0. The summed E-state index contributed by atoms with van der Waals surface area (Å²) in [6.45, 7) is 1.95. The van der Waals surface area contributed by atoms with Gasteiger partial charge in [0.2, 0.25) is 5.91 Å². The third-order valence-corrected chi connectivity index (χ3v) is 4.87. The van der Waals surface area contributed by atoms with E-state index in [4.69, 9.17) is 0 Å². The number of thiol groups is 1. The Morgan fingerprint density at radius 1 is 1.12 bits per heavy atom. The summed E-state index contributed by atoms with van der Waals surface area (Å²) in [6, 6.07) is 0. The number of amides is 1. The first-order valence-corrected chi connectivity index (χ1v) is 7.28. The van der Waals surface area contributed by atoms with Crippen LogP contribution in [0.3, 0.4) is 0 Å². The average molecular weight is 241 g/mol. The van der Waals surface area contributed by atoms with Gasteiger partial charge in [-0.05, 0) is 36.9 Å². The number of piperidine rings is 1. The Bertz CT molecular complexity index is 248. The fourth-order valence-corrected chi connectivity index (χ4v) is 3.52. The van der Waals surface area contributed by atoms with E-state index in [1.165, 1.54) is 38.5 Å². The van der Waals surface area contributed by atoms with Gasteiger partial charge in [-0.3, -0.25) is 4.79 Å². The zero-order valence-corrected chi connectivity index (χ0v) is 11.0. The highest BCUT2D eigenvalue weighted by molar-refractivity contribution is 7.80. The van der Waals surface area contributed by atoms with Crippen molar-refractivity contribution >= 4 is 18.5 Å². The number of likely N-dealkylation sites (tertiary alicyclic amines) is 1. The first-order valence-electron chi connectivity index (χ1n) is 6.64. The van der Waals surface area contributed by atoms with Gasteiger partial charge < -0.3 is 4.90 Å². The van der Waals surface area contributed by atoms with Gasteiger partial charge in [0.15, 0.2) is 0 Å². The first kappa shape index (κ1) is 12.3. The first-order chi connectivity index (χ1) is 7.76. The molecule has 3 heteroatoms. The standard InChI is InChI=1S/C13H23NOS/c15-12-6-2-5-9-14(12)10-13(11-16)7-3-1-4-8-13/h16H,1-11H2. The molecule has 1 aliphatic carbocycles. The molecule has 0 N–H and O–H groups in total. The van der Waals surface area contributed by atoms with Gasteiger partial charge in [0, 0.05) is 19.5 Å². The number of carbonyl (C=O) groups is 1. The van der Waals surface area contributed by atoms with E-state index >= 15 is 0 Å². The average Bonchev–Trinajstić information content (AvgIpc) is 2.33.